The Kier molecular flexibility index (Phi) is 7.41. The normalized spacial score (nSPS) is 13.9. The zero-order valence-electron chi connectivity index (χ0n) is 21.2. The third kappa shape index (κ3) is 5.35. The number of rotatable bonds is 7. The van der Waals surface area contributed by atoms with E-state index in [0.29, 0.717) is 24.5 Å². The molecule has 0 saturated heterocycles. The first-order valence-electron chi connectivity index (χ1n) is 11.9. The van der Waals surface area contributed by atoms with Crippen LogP contribution in [0, 0.1) is 19.3 Å². The molecule has 5 heteroatoms. The van der Waals surface area contributed by atoms with Crippen molar-refractivity contribution in [2.45, 2.75) is 67.3 Å². The Morgan fingerprint density at radius 1 is 1.09 bits per heavy atom. The van der Waals surface area contributed by atoms with Gasteiger partial charge in [0.25, 0.3) is 5.91 Å². The number of hydrogen-bond acceptors (Lipinski definition) is 4. The number of nitrogens with one attached hydrogen (secondary N) is 1. The summed E-state index contributed by atoms with van der Waals surface area (Å²) in [6.45, 7) is 20.1. The summed E-state index contributed by atoms with van der Waals surface area (Å²) in [7, 11) is 0. The molecule has 1 aliphatic rings. The van der Waals surface area contributed by atoms with Crippen molar-refractivity contribution in [2.75, 3.05) is 13.2 Å². The fourth-order valence-electron chi connectivity index (χ4n) is 4.70. The number of ether oxygens (including phenoxy) is 2. The molecular formula is C28H38N2O3. The molecule has 0 fully saturated rings. The Morgan fingerprint density at radius 2 is 1.73 bits per heavy atom. The van der Waals surface area contributed by atoms with Gasteiger partial charge in [-0.1, -0.05) is 58.4 Å². The predicted molar refractivity (Wildman–Crippen MR) is 135 cm³/mol. The first kappa shape index (κ1) is 24.7. The van der Waals surface area contributed by atoms with Crippen molar-refractivity contribution in [3.8, 4) is 11.5 Å². The van der Waals surface area contributed by atoms with E-state index in [4.69, 9.17) is 9.47 Å². The average Bonchev–Trinajstić information content (AvgIpc) is 2.75. The van der Waals surface area contributed by atoms with Crippen molar-refractivity contribution in [2.24, 2.45) is 5.41 Å². The molecule has 2 aromatic carbocycles. The number of benzene rings is 2. The quantitative estimate of drug-likeness (QED) is 0.520. The summed E-state index contributed by atoms with van der Waals surface area (Å²) < 4.78 is 11.7. The molecule has 1 unspecified atom stereocenters. The molecule has 0 radical (unpaired) electrons. The molecule has 178 valence electrons. The lowest BCUT2D eigenvalue weighted by Gasteiger charge is -2.40. The number of fused-ring (bicyclic) bond motifs is 1. The number of hydrogen-bond donors (Lipinski definition) is 1. The molecule has 2 aromatic rings. The number of aryl methyl sites for hydroxylation is 2. The van der Waals surface area contributed by atoms with Crippen LogP contribution in [0.2, 0.25) is 0 Å². The minimum atomic E-state index is -0.128. The van der Waals surface area contributed by atoms with Crippen molar-refractivity contribution >= 4 is 11.6 Å². The van der Waals surface area contributed by atoms with E-state index in [2.05, 4.69) is 52.7 Å². The van der Waals surface area contributed by atoms with Crippen LogP contribution in [0.4, 0.5) is 0 Å². The molecule has 1 atom stereocenters. The van der Waals surface area contributed by atoms with Gasteiger partial charge in [0.1, 0.15) is 13.2 Å². The van der Waals surface area contributed by atoms with E-state index < -0.39 is 0 Å². The van der Waals surface area contributed by atoms with Gasteiger partial charge in [-0.25, -0.2) is 5.01 Å². The van der Waals surface area contributed by atoms with Gasteiger partial charge in [-0.2, -0.15) is 0 Å². The number of nitrogens with zero attached hydrogens (tertiary/aromatic N) is 1. The van der Waals surface area contributed by atoms with Crippen LogP contribution >= 0.6 is 0 Å². The van der Waals surface area contributed by atoms with Gasteiger partial charge in [-0.15, -0.1) is 0 Å². The van der Waals surface area contributed by atoms with Gasteiger partial charge < -0.3 is 9.47 Å². The molecule has 0 bridgehead atoms. The fraction of sp³-hybridized carbons (Fsp3) is 0.464. The summed E-state index contributed by atoms with van der Waals surface area (Å²) >= 11 is 0. The van der Waals surface area contributed by atoms with Gasteiger partial charge in [0, 0.05) is 16.7 Å². The van der Waals surface area contributed by atoms with E-state index in [9.17, 15) is 4.79 Å². The maximum Gasteiger partial charge on any atom is 0.272 e. The van der Waals surface area contributed by atoms with Crippen LogP contribution in [0.5, 0.6) is 11.5 Å². The van der Waals surface area contributed by atoms with E-state index in [0.717, 1.165) is 46.6 Å². The van der Waals surface area contributed by atoms with Crippen molar-refractivity contribution in [3.05, 3.63) is 64.7 Å². The van der Waals surface area contributed by atoms with Gasteiger partial charge in [-0.3, -0.25) is 10.2 Å². The van der Waals surface area contributed by atoms with Gasteiger partial charge in [-0.05, 0) is 56.4 Å². The van der Waals surface area contributed by atoms with E-state index >= 15 is 0 Å². The van der Waals surface area contributed by atoms with Crippen LogP contribution in [-0.2, 0) is 6.42 Å². The highest BCUT2D eigenvalue weighted by molar-refractivity contribution is 5.95. The van der Waals surface area contributed by atoms with Crippen LogP contribution in [0.3, 0.4) is 0 Å². The second-order valence-corrected chi connectivity index (χ2v) is 9.90. The second-order valence-electron chi connectivity index (χ2n) is 9.90. The van der Waals surface area contributed by atoms with Gasteiger partial charge in [0.05, 0.1) is 11.7 Å². The maximum absolute atomic E-state index is 13.8. The molecule has 1 amide bonds. The molecule has 0 aliphatic carbocycles. The average molecular weight is 451 g/mol. The van der Waals surface area contributed by atoms with Gasteiger partial charge in [0.15, 0.2) is 11.5 Å². The Balaban J connectivity index is 2.01. The van der Waals surface area contributed by atoms with Crippen molar-refractivity contribution in [3.63, 3.8) is 0 Å². The SMILES string of the molecule is C=C(NN(C(=O)c1cc(C)cc(C)c1)C(CC)C(C)(C)C)c1ccc2c(c1CC)OCCO2. The lowest BCUT2D eigenvalue weighted by molar-refractivity contribution is 0.0397. The largest absolute Gasteiger partial charge is 0.486 e. The third-order valence-electron chi connectivity index (χ3n) is 6.13. The second kappa shape index (κ2) is 9.90. The summed E-state index contributed by atoms with van der Waals surface area (Å²) in [6, 6.07) is 9.86. The highest BCUT2D eigenvalue weighted by Gasteiger charge is 2.34. The van der Waals surface area contributed by atoms with E-state index in [-0.39, 0.29) is 17.4 Å². The Hall–Kier alpha value is -2.95. The van der Waals surface area contributed by atoms with Crippen LogP contribution in [0.15, 0.2) is 36.9 Å². The van der Waals surface area contributed by atoms with Crippen LogP contribution in [0.25, 0.3) is 5.70 Å². The highest BCUT2D eigenvalue weighted by atomic mass is 16.6. The standard InChI is InChI=1S/C28H38N2O3/c1-9-22-23(11-12-24-26(22)33-14-13-32-24)20(5)29-30(25(10-2)28(6,7)8)27(31)21-16-18(3)15-19(4)17-21/h11-12,15-17,25,29H,5,9-10,13-14H2,1-4,6-8H3. The maximum atomic E-state index is 13.8. The van der Waals surface area contributed by atoms with Gasteiger partial charge >= 0.3 is 0 Å². The summed E-state index contributed by atoms with van der Waals surface area (Å²) in [4.78, 5) is 13.8. The first-order valence-corrected chi connectivity index (χ1v) is 11.9. The van der Waals surface area contributed by atoms with E-state index in [1.165, 1.54) is 0 Å². The molecule has 0 aromatic heterocycles. The molecule has 3 rings (SSSR count). The molecule has 33 heavy (non-hydrogen) atoms. The Labute approximate surface area is 198 Å². The van der Waals surface area contributed by atoms with Crippen LogP contribution in [-0.4, -0.2) is 30.2 Å². The highest BCUT2D eigenvalue weighted by Crippen LogP contribution is 2.38. The number of amides is 1. The first-order chi connectivity index (χ1) is 15.6. The predicted octanol–water partition coefficient (Wildman–Crippen LogP) is 6.08. The Bertz CT molecular complexity index is 1020. The fourth-order valence-corrected chi connectivity index (χ4v) is 4.70. The van der Waals surface area contributed by atoms with Crippen LogP contribution in [0.1, 0.15) is 73.7 Å². The molecule has 1 heterocycles. The zero-order valence-corrected chi connectivity index (χ0v) is 21.2. The number of carbonyl (C=O) groups excluding carboxylic acids is 1. The molecular weight excluding hydrogens is 412 g/mol. The van der Waals surface area contributed by atoms with Crippen molar-refractivity contribution in [1.82, 2.24) is 10.4 Å². The summed E-state index contributed by atoms with van der Waals surface area (Å²) in [5.41, 5.74) is 8.73. The summed E-state index contributed by atoms with van der Waals surface area (Å²) in [5, 5.41) is 1.77. The minimum Gasteiger partial charge on any atom is -0.486 e. The monoisotopic (exact) mass is 450 g/mol. The minimum absolute atomic E-state index is 0.0372. The smallest absolute Gasteiger partial charge is 0.272 e. The number of hydrazine groups is 1. The molecule has 0 saturated carbocycles. The number of carbonyl (C=O) groups is 1. The van der Waals surface area contributed by atoms with Crippen molar-refractivity contribution < 1.29 is 14.3 Å². The zero-order chi connectivity index (χ0) is 24.3. The van der Waals surface area contributed by atoms with Crippen molar-refractivity contribution in [1.29, 1.82) is 0 Å². The summed E-state index contributed by atoms with van der Waals surface area (Å²) in [6.07, 6.45) is 1.58. The molecule has 1 aliphatic heterocycles. The Morgan fingerprint density at radius 3 is 2.30 bits per heavy atom. The van der Waals surface area contributed by atoms with E-state index in [1.54, 1.807) is 5.01 Å². The van der Waals surface area contributed by atoms with Crippen LogP contribution < -0.4 is 14.9 Å². The lowest BCUT2D eigenvalue weighted by Crippen LogP contribution is -2.53. The van der Waals surface area contributed by atoms with Gasteiger partial charge in [0.2, 0.25) is 0 Å². The summed E-state index contributed by atoms with van der Waals surface area (Å²) in [5.74, 6) is 1.48. The topological polar surface area (TPSA) is 50.8 Å². The van der Waals surface area contributed by atoms with E-state index in [1.807, 2.05) is 38.1 Å². The molecule has 1 N–H and O–H groups in total. The molecule has 0 spiro atoms. The lowest BCUT2D eigenvalue weighted by atomic mass is 9.84. The third-order valence-corrected chi connectivity index (χ3v) is 6.13. The molecule has 5 nitrogen and oxygen atoms in total.